The second-order valence-electron chi connectivity index (χ2n) is 7.23. The lowest BCUT2D eigenvalue weighted by molar-refractivity contribution is -0.260. The van der Waals surface area contributed by atoms with Crippen molar-refractivity contribution in [3.8, 4) is 0 Å². The van der Waals surface area contributed by atoms with Crippen molar-refractivity contribution in [3.05, 3.63) is 63.1 Å². The maximum absolute atomic E-state index is 13.7. The molecule has 0 aliphatic carbocycles. The zero-order valence-electron chi connectivity index (χ0n) is 17.3. The average molecular weight is 551 g/mol. The van der Waals surface area contributed by atoms with Gasteiger partial charge in [-0.15, -0.1) is 0 Å². The fourth-order valence-electron chi connectivity index (χ4n) is 2.92. The number of carbonyl (C=O) groups excluding carboxylic acids is 1. The Balaban J connectivity index is 2.32. The van der Waals surface area contributed by atoms with E-state index in [2.05, 4.69) is 10.6 Å². The number of alkyl halides is 6. The summed E-state index contributed by atoms with van der Waals surface area (Å²) in [4.78, 5) is 11.6. The molecule has 34 heavy (non-hydrogen) atoms. The number of anilines is 1. The van der Waals surface area contributed by atoms with Crippen LogP contribution in [0.5, 0.6) is 0 Å². The molecule has 0 bridgehead atoms. The van der Waals surface area contributed by atoms with E-state index in [0.717, 1.165) is 30.3 Å². The lowest BCUT2D eigenvalue weighted by Gasteiger charge is -2.32. The van der Waals surface area contributed by atoms with Crippen LogP contribution in [0.2, 0.25) is 10.0 Å². The molecule has 14 heteroatoms. The molecular weight excluding hydrogens is 533 g/mol. The second-order valence-corrected chi connectivity index (χ2v) is 9.54. The number of hydrogen-bond donors (Lipinski definition) is 3. The van der Waals surface area contributed by atoms with E-state index in [9.17, 15) is 40.5 Å². The third kappa shape index (κ3) is 7.24. The first-order valence-corrected chi connectivity index (χ1v) is 11.8. The molecule has 0 unspecified atom stereocenters. The van der Waals surface area contributed by atoms with Crippen molar-refractivity contribution in [2.75, 3.05) is 23.9 Å². The van der Waals surface area contributed by atoms with E-state index in [1.807, 2.05) is 0 Å². The first-order chi connectivity index (χ1) is 15.5. The van der Waals surface area contributed by atoms with Crippen molar-refractivity contribution in [2.24, 2.45) is 0 Å². The number of hydrogen-bond acceptors (Lipinski definition) is 4. The maximum atomic E-state index is 13.7. The molecule has 1 amide bonds. The van der Waals surface area contributed by atoms with Crippen LogP contribution in [-0.2, 0) is 33.9 Å². The highest BCUT2D eigenvalue weighted by Gasteiger charge is 2.55. The quantitative estimate of drug-likeness (QED) is 0.410. The van der Waals surface area contributed by atoms with Gasteiger partial charge in [0.2, 0.25) is 11.5 Å². The molecule has 188 valence electrons. The van der Waals surface area contributed by atoms with Gasteiger partial charge in [-0.3, -0.25) is 9.00 Å². The van der Waals surface area contributed by atoms with Crippen LogP contribution in [0.15, 0.2) is 36.4 Å². The summed E-state index contributed by atoms with van der Waals surface area (Å²) in [6.45, 7) is -1.79. The van der Waals surface area contributed by atoms with Crippen molar-refractivity contribution in [2.45, 2.75) is 24.5 Å². The lowest BCUT2D eigenvalue weighted by atomic mass is 9.92. The first kappa shape index (κ1) is 28.2. The molecule has 0 aliphatic heterocycles. The van der Waals surface area contributed by atoms with Crippen molar-refractivity contribution in [1.29, 1.82) is 0 Å². The van der Waals surface area contributed by atoms with Crippen LogP contribution in [0.4, 0.5) is 32.0 Å². The molecule has 0 radical (unpaired) electrons. The molecule has 0 saturated heterocycles. The zero-order chi connectivity index (χ0) is 25.9. The number of rotatable bonds is 8. The molecule has 3 N–H and O–H groups in total. The standard InChI is InChI=1S/C20H18Cl2F6N2O3S/c1-34(33)9-17(31)29-8-11-2-3-15(7-16(11)19(23,24)25)30-10-18(32,20(26,27)28)12-4-13(21)6-14(22)5-12/h2-7,30,32H,8-10H2,1H3,(H,29,31)/t18-,34+/m0/s1. The molecule has 5 nitrogen and oxygen atoms in total. The number of benzene rings is 2. The van der Waals surface area contributed by atoms with Crippen molar-refractivity contribution in [1.82, 2.24) is 5.32 Å². The van der Waals surface area contributed by atoms with E-state index >= 15 is 0 Å². The summed E-state index contributed by atoms with van der Waals surface area (Å²) in [5.74, 6) is -1.13. The van der Waals surface area contributed by atoms with Gasteiger partial charge in [-0.25, -0.2) is 0 Å². The van der Waals surface area contributed by atoms with Crippen molar-refractivity contribution < 1.29 is 40.5 Å². The van der Waals surface area contributed by atoms with E-state index in [4.69, 9.17) is 23.2 Å². The Morgan fingerprint density at radius 3 is 2.12 bits per heavy atom. The number of amides is 1. The Kier molecular flexibility index (Phi) is 8.89. The van der Waals surface area contributed by atoms with Gasteiger partial charge in [0.25, 0.3) is 0 Å². The van der Waals surface area contributed by atoms with E-state index < -0.39 is 64.6 Å². The molecule has 0 fully saturated rings. The monoisotopic (exact) mass is 550 g/mol. The fourth-order valence-corrected chi connectivity index (χ4v) is 3.92. The summed E-state index contributed by atoms with van der Waals surface area (Å²) in [5.41, 5.74) is -6.16. The van der Waals surface area contributed by atoms with E-state index in [1.165, 1.54) is 6.26 Å². The Hall–Kier alpha value is -2.02. The summed E-state index contributed by atoms with van der Waals surface area (Å²) in [6, 6.07) is 5.44. The predicted molar refractivity (Wildman–Crippen MR) is 117 cm³/mol. The van der Waals surface area contributed by atoms with Gasteiger partial charge in [0.05, 0.1) is 12.1 Å². The van der Waals surface area contributed by atoms with E-state index in [0.29, 0.717) is 6.07 Å². The van der Waals surface area contributed by atoms with Gasteiger partial charge in [0, 0.05) is 39.3 Å². The highest BCUT2D eigenvalue weighted by atomic mass is 35.5. The molecule has 0 saturated carbocycles. The minimum Gasteiger partial charge on any atom is -0.381 e. The van der Waals surface area contributed by atoms with Crippen LogP contribution in [0.1, 0.15) is 16.7 Å². The molecular formula is C20H18Cl2F6N2O3S. The SMILES string of the molecule is C[S@@](=O)CC(=O)NCc1ccc(NC[C@](O)(c2cc(Cl)cc(Cl)c2)C(F)(F)F)cc1C(F)(F)F. The summed E-state index contributed by atoms with van der Waals surface area (Å²) in [6.07, 6.45) is -8.88. The van der Waals surface area contributed by atoms with Gasteiger partial charge in [-0.2, -0.15) is 26.3 Å². The van der Waals surface area contributed by atoms with Crippen molar-refractivity contribution in [3.63, 3.8) is 0 Å². The third-order valence-corrected chi connectivity index (χ3v) is 5.69. The van der Waals surface area contributed by atoms with Crippen LogP contribution in [-0.4, -0.2) is 40.0 Å². The second kappa shape index (κ2) is 10.7. The van der Waals surface area contributed by atoms with Crippen LogP contribution in [0.25, 0.3) is 0 Å². The number of carbonyl (C=O) groups is 1. The Bertz CT molecular complexity index is 1060. The van der Waals surface area contributed by atoms with Crippen LogP contribution < -0.4 is 10.6 Å². The zero-order valence-corrected chi connectivity index (χ0v) is 19.6. The number of nitrogens with one attached hydrogen (secondary N) is 2. The Morgan fingerprint density at radius 2 is 1.62 bits per heavy atom. The topological polar surface area (TPSA) is 78.4 Å². The molecule has 0 aliphatic rings. The van der Waals surface area contributed by atoms with Gasteiger partial charge in [-0.1, -0.05) is 29.3 Å². The fraction of sp³-hybridized carbons (Fsp3) is 0.350. The minimum atomic E-state index is -5.23. The van der Waals surface area contributed by atoms with E-state index in [1.54, 1.807) is 0 Å². The largest absolute Gasteiger partial charge is 0.423 e. The molecule has 2 aromatic carbocycles. The third-order valence-electron chi connectivity index (χ3n) is 4.58. The van der Waals surface area contributed by atoms with Crippen LogP contribution in [0.3, 0.4) is 0 Å². The maximum Gasteiger partial charge on any atom is 0.423 e. The number of halogens is 8. The van der Waals surface area contributed by atoms with Gasteiger partial charge >= 0.3 is 12.4 Å². The molecule has 2 rings (SSSR count). The summed E-state index contributed by atoms with van der Waals surface area (Å²) < 4.78 is 92.9. The van der Waals surface area contributed by atoms with E-state index in [-0.39, 0.29) is 21.3 Å². The summed E-state index contributed by atoms with van der Waals surface area (Å²) in [7, 11) is -1.49. The highest BCUT2D eigenvalue weighted by molar-refractivity contribution is 7.85. The van der Waals surface area contributed by atoms with Crippen LogP contribution in [0, 0.1) is 0 Å². The minimum absolute atomic E-state index is 0.178. The normalized spacial score (nSPS) is 14.9. The van der Waals surface area contributed by atoms with Gasteiger partial charge in [0.1, 0.15) is 5.75 Å². The molecule has 0 spiro atoms. The smallest absolute Gasteiger partial charge is 0.381 e. The van der Waals surface area contributed by atoms with Gasteiger partial charge in [-0.05, 0) is 41.5 Å². The lowest BCUT2D eigenvalue weighted by Crippen LogP contribution is -2.47. The molecule has 2 atom stereocenters. The Labute approximate surface area is 202 Å². The first-order valence-electron chi connectivity index (χ1n) is 9.29. The van der Waals surface area contributed by atoms with Crippen molar-refractivity contribution >= 4 is 45.6 Å². The summed E-state index contributed by atoms with van der Waals surface area (Å²) in [5, 5.41) is 14.5. The summed E-state index contributed by atoms with van der Waals surface area (Å²) >= 11 is 11.5. The van der Waals surface area contributed by atoms with Crippen LogP contribution >= 0.6 is 23.2 Å². The van der Waals surface area contributed by atoms with Gasteiger partial charge < -0.3 is 15.7 Å². The molecule has 2 aromatic rings. The average Bonchev–Trinajstić information content (AvgIpc) is 2.68. The molecule has 0 aromatic heterocycles. The Morgan fingerprint density at radius 1 is 1.03 bits per heavy atom. The van der Waals surface area contributed by atoms with Gasteiger partial charge in [0.15, 0.2) is 0 Å². The number of aliphatic hydroxyl groups is 1. The predicted octanol–water partition coefficient (Wildman–Crippen LogP) is 4.87. The molecule has 0 heterocycles. The highest BCUT2D eigenvalue weighted by Crippen LogP contribution is 2.41.